The molecule has 0 radical (unpaired) electrons. The molecule has 0 bridgehead atoms. The number of hydrogen-bond acceptors (Lipinski definition) is 6. The van der Waals surface area contributed by atoms with Gasteiger partial charge < -0.3 is 14.8 Å². The van der Waals surface area contributed by atoms with Crippen molar-refractivity contribution >= 4 is 40.7 Å². The van der Waals surface area contributed by atoms with E-state index in [9.17, 15) is 4.79 Å². The molecule has 8 heteroatoms. The van der Waals surface area contributed by atoms with E-state index in [0.29, 0.717) is 34.0 Å². The van der Waals surface area contributed by atoms with E-state index in [0.717, 1.165) is 5.56 Å². The normalized spacial score (nSPS) is 16.5. The van der Waals surface area contributed by atoms with E-state index < -0.39 is 0 Å². The van der Waals surface area contributed by atoms with Crippen molar-refractivity contribution in [3.63, 3.8) is 0 Å². The zero-order valence-electron chi connectivity index (χ0n) is 11.6. The maximum atomic E-state index is 11.0. The number of halogens is 1. The number of nitrogens with zero attached hydrogens (tertiary/aromatic N) is 2. The van der Waals surface area contributed by atoms with Gasteiger partial charge in [-0.25, -0.2) is 0 Å². The summed E-state index contributed by atoms with van der Waals surface area (Å²) in [5, 5.41) is 11.4. The summed E-state index contributed by atoms with van der Waals surface area (Å²) in [6, 6.07) is 3.46. The lowest BCUT2D eigenvalue weighted by molar-refractivity contribution is -0.116. The third-order valence-electron chi connectivity index (χ3n) is 2.48. The Morgan fingerprint density at radius 2 is 2.33 bits per heavy atom. The minimum atomic E-state index is -0.0694. The molecule has 1 N–H and O–H groups in total. The van der Waals surface area contributed by atoms with Crippen LogP contribution in [0.3, 0.4) is 0 Å². The first-order chi connectivity index (χ1) is 10.1. The van der Waals surface area contributed by atoms with Gasteiger partial charge in [-0.3, -0.25) is 4.79 Å². The average Bonchev–Trinajstić information content (AvgIpc) is 2.85. The summed E-state index contributed by atoms with van der Waals surface area (Å²) >= 11 is 7.44. The molecule has 1 aliphatic rings. The SMILES string of the molecule is CCOc1cc(C=NN=C2NC(=O)CS2)cc(Cl)c1OC. The minimum Gasteiger partial charge on any atom is -0.491 e. The topological polar surface area (TPSA) is 72.3 Å². The van der Waals surface area contributed by atoms with Gasteiger partial charge in [0, 0.05) is 5.56 Å². The minimum absolute atomic E-state index is 0.0694. The zero-order valence-corrected chi connectivity index (χ0v) is 13.1. The summed E-state index contributed by atoms with van der Waals surface area (Å²) in [6.45, 7) is 2.37. The lowest BCUT2D eigenvalue weighted by atomic mass is 10.2. The third kappa shape index (κ3) is 4.12. The van der Waals surface area contributed by atoms with Crippen LogP contribution in [-0.4, -0.2) is 36.8 Å². The van der Waals surface area contributed by atoms with Crippen molar-refractivity contribution in [2.45, 2.75) is 6.92 Å². The molecule has 1 fully saturated rings. The van der Waals surface area contributed by atoms with Crippen molar-refractivity contribution in [2.75, 3.05) is 19.5 Å². The molecule has 1 saturated heterocycles. The standard InChI is InChI=1S/C13H14ClN3O3S/c1-3-20-10-5-8(4-9(14)12(10)19-2)6-15-17-13-16-11(18)7-21-13/h4-6H,3,7H2,1-2H3,(H,16,17,18). The Kier molecular flexibility index (Phi) is 5.46. The van der Waals surface area contributed by atoms with Crippen LogP contribution in [0.1, 0.15) is 12.5 Å². The Morgan fingerprint density at radius 3 is 2.95 bits per heavy atom. The lowest BCUT2D eigenvalue weighted by Gasteiger charge is -2.11. The highest BCUT2D eigenvalue weighted by Crippen LogP contribution is 2.35. The second-order valence-electron chi connectivity index (χ2n) is 3.95. The van der Waals surface area contributed by atoms with Crippen molar-refractivity contribution in [3.8, 4) is 11.5 Å². The number of ether oxygens (including phenoxy) is 2. The van der Waals surface area contributed by atoms with Crippen LogP contribution in [0.5, 0.6) is 11.5 Å². The van der Waals surface area contributed by atoms with E-state index in [1.165, 1.54) is 25.1 Å². The predicted octanol–water partition coefficient (Wildman–Crippen LogP) is 2.30. The van der Waals surface area contributed by atoms with Crippen molar-refractivity contribution in [1.29, 1.82) is 0 Å². The van der Waals surface area contributed by atoms with Gasteiger partial charge in [0.1, 0.15) is 0 Å². The number of amides is 1. The molecule has 2 rings (SSSR count). The van der Waals surface area contributed by atoms with Crippen LogP contribution >= 0.6 is 23.4 Å². The van der Waals surface area contributed by atoms with E-state index in [1.807, 2.05) is 6.92 Å². The second kappa shape index (κ2) is 7.33. The first-order valence-corrected chi connectivity index (χ1v) is 7.54. The van der Waals surface area contributed by atoms with Crippen molar-refractivity contribution in [3.05, 3.63) is 22.7 Å². The van der Waals surface area contributed by atoms with Gasteiger partial charge in [0.15, 0.2) is 16.7 Å². The number of methoxy groups -OCH3 is 1. The van der Waals surface area contributed by atoms with Crippen molar-refractivity contribution < 1.29 is 14.3 Å². The Hall–Kier alpha value is -1.73. The molecular weight excluding hydrogens is 314 g/mol. The number of carbonyl (C=O) groups is 1. The van der Waals surface area contributed by atoms with E-state index in [-0.39, 0.29) is 5.91 Å². The van der Waals surface area contributed by atoms with Crippen LogP contribution in [0.25, 0.3) is 0 Å². The molecule has 1 amide bonds. The first-order valence-electron chi connectivity index (χ1n) is 6.18. The summed E-state index contributed by atoms with van der Waals surface area (Å²) in [6.07, 6.45) is 1.53. The predicted molar refractivity (Wildman–Crippen MR) is 84.8 cm³/mol. The average molecular weight is 328 g/mol. The van der Waals surface area contributed by atoms with E-state index in [2.05, 4.69) is 15.5 Å². The van der Waals surface area contributed by atoms with Crippen LogP contribution in [0.4, 0.5) is 0 Å². The fraction of sp³-hybridized carbons (Fsp3) is 0.308. The largest absolute Gasteiger partial charge is 0.491 e. The first kappa shape index (κ1) is 15.7. The summed E-state index contributed by atoms with van der Waals surface area (Å²) in [7, 11) is 1.53. The van der Waals surface area contributed by atoms with E-state index in [4.69, 9.17) is 21.1 Å². The van der Waals surface area contributed by atoms with Gasteiger partial charge in [0.25, 0.3) is 0 Å². The molecule has 1 aromatic rings. The summed E-state index contributed by atoms with van der Waals surface area (Å²) in [5.41, 5.74) is 0.725. The Morgan fingerprint density at radius 1 is 1.52 bits per heavy atom. The highest BCUT2D eigenvalue weighted by Gasteiger charge is 2.16. The Balaban J connectivity index is 2.18. The van der Waals surface area contributed by atoms with Gasteiger partial charge in [-0.2, -0.15) is 5.10 Å². The molecule has 1 heterocycles. The van der Waals surface area contributed by atoms with Crippen LogP contribution in [-0.2, 0) is 4.79 Å². The zero-order chi connectivity index (χ0) is 15.2. The van der Waals surface area contributed by atoms with E-state index >= 15 is 0 Å². The van der Waals surface area contributed by atoms with Crippen LogP contribution in [0.2, 0.25) is 5.02 Å². The lowest BCUT2D eigenvalue weighted by Crippen LogP contribution is -2.19. The molecule has 112 valence electrons. The number of rotatable bonds is 5. The van der Waals surface area contributed by atoms with E-state index in [1.54, 1.807) is 12.1 Å². The quantitative estimate of drug-likeness (QED) is 0.665. The molecule has 0 unspecified atom stereocenters. The fourth-order valence-corrected chi connectivity index (χ4v) is 2.58. The van der Waals surface area contributed by atoms with Gasteiger partial charge >= 0.3 is 0 Å². The van der Waals surface area contributed by atoms with Gasteiger partial charge in [-0.05, 0) is 19.1 Å². The Labute approximate surface area is 131 Å². The smallest absolute Gasteiger partial charge is 0.236 e. The fourth-order valence-electron chi connectivity index (χ4n) is 1.65. The molecule has 0 atom stereocenters. The number of benzene rings is 1. The highest BCUT2D eigenvalue weighted by molar-refractivity contribution is 8.15. The van der Waals surface area contributed by atoms with Crippen molar-refractivity contribution in [1.82, 2.24) is 5.32 Å². The Bertz CT molecular complexity index is 605. The molecule has 0 spiro atoms. The molecule has 1 aliphatic heterocycles. The molecule has 6 nitrogen and oxygen atoms in total. The van der Waals surface area contributed by atoms with Crippen LogP contribution in [0.15, 0.2) is 22.3 Å². The maximum Gasteiger partial charge on any atom is 0.236 e. The highest BCUT2D eigenvalue weighted by atomic mass is 35.5. The molecule has 21 heavy (non-hydrogen) atoms. The number of amidine groups is 1. The second-order valence-corrected chi connectivity index (χ2v) is 5.32. The number of thioether (sulfide) groups is 1. The third-order valence-corrected chi connectivity index (χ3v) is 3.62. The molecular formula is C13H14ClN3O3S. The molecule has 0 saturated carbocycles. The molecule has 0 aromatic heterocycles. The van der Waals surface area contributed by atoms with Gasteiger partial charge in [0.05, 0.1) is 30.7 Å². The number of carbonyl (C=O) groups excluding carboxylic acids is 1. The van der Waals surface area contributed by atoms with Crippen LogP contribution < -0.4 is 14.8 Å². The number of nitrogens with one attached hydrogen (secondary N) is 1. The molecule has 1 aromatic carbocycles. The summed E-state index contributed by atoms with van der Waals surface area (Å²) < 4.78 is 10.7. The molecule has 0 aliphatic carbocycles. The van der Waals surface area contributed by atoms with Gasteiger partial charge in [0.2, 0.25) is 5.91 Å². The summed E-state index contributed by atoms with van der Waals surface area (Å²) in [5.74, 6) is 1.34. The number of hydrogen-bond donors (Lipinski definition) is 1. The van der Waals surface area contributed by atoms with Crippen molar-refractivity contribution in [2.24, 2.45) is 10.2 Å². The van der Waals surface area contributed by atoms with Gasteiger partial charge in [-0.1, -0.05) is 23.4 Å². The van der Waals surface area contributed by atoms with Gasteiger partial charge in [-0.15, -0.1) is 5.10 Å². The summed E-state index contributed by atoms with van der Waals surface area (Å²) in [4.78, 5) is 11.0. The monoisotopic (exact) mass is 327 g/mol. The maximum absolute atomic E-state index is 11.0. The van der Waals surface area contributed by atoms with Crippen LogP contribution in [0, 0.1) is 0 Å².